The lowest BCUT2D eigenvalue weighted by molar-refractivity contribution is -0.139. The van der Waals surface area contributed by atoms with Crippen LogP contribution in [0.5, 0.6) is 11.5 Å². The normalized spacial score (nSPS) is 17.4. The number of hydrogen-bond acceptors (Lipinski definition) is 8. The summed E-state index contributed by atoms with van der Waals surface area (Å²) in [6, 6.07) is 16.8. The molecule has 9 heteroatoms. The van der Waals surface area contributed by atoms with Crippen LogP contribution >= 0.6 is 0 Å². The molecule has 172 valence electrons. The van der Waals surface area contributed by atoms with Crippen LogP contribution in [0, 0.1) is 28.6 Å². The summed E-state index contributed by atoms with van der Waals surface area (Å²) in [5.41, 5.74) is 8.64. The molecule has 0 saturated heterocycles. The van der Waals surface area contributed by atoms with E-state index in [1.807, 2.05) is 30.3 Å². The van der Waals surface area contributed by atoms with Gasteiger partial charge in [0.25, 0.3) is 0 Å². The van der Waals surface area contributed by atoms with Crippen molar-refractivity contribution in [2.45, 2.75) is 12.6 Å². The van der Waals surface area contributed by atoms with Crippen molar-refractivity contribution in [3.63, 3.8) is 0 Å². The lowest BCUT2D eigenvalue weighted by atomic mass is 9.95. The maximum absolute atomic E-state index is 11.0. The summed E-state index contributed by atoms with van der Waals surface area (Å²) in [5, 5.41) is 34.7. The van der Waals surface area contributed by atoms with Crippen molar-refractivity contribution in [3.05, 3.63) is 71.8 Å². The Bertz CT molecular complexity index is 1220. The van der Waals surface area contributed by atoms with Gasteiger partial charge < -0.3 is 20.3 Å². The molecule has 0 spiro atoms. The second-order valence-corrected chi connectivity index (χ2v) is 7.32. The molecule has 1 aliphatic heterocycles. The summed E-state index contributed by atoms with van der Waals surface area (Å²) in [4.78, 5) is 11.0. The smallest absolute Gasteiger partial charge is 0.341 e. The van der Waals surface area contributed by atoms with E-state index in [0.717, 1.165) is 0 Å². The van der Waals surface area contributed by atoms with Crippen LogP contribution in [-0.4, -0.2) is 36.7 Å². The van der Waals surface area contributed by atoms with Crippen LogP contribution in [0.4, 0.5) is 5.69 Å². The molecule has 9 nitrogen and oxygen atoms in total. The van der Waals surface area contributed by atoms with Gasteiger partial charge in [-0.3, -0.25) is 0 Å². The number of benzene rings is 2. The van der Waals surface area contributed by atoms with Gasteiger partial charge in [0, 0.05) is 5.56 Å². The largest absolute Gasteiger partial charge is 0.493 e. The van der Waals surface area contributed by atoms with Gasteiger partial charge in [-0.05, 0) is 42.3 Å². The summed E-state index contributed by atoms with van der Waals surface area (Å²) in [5.74, 6) is -1.36. The summed E-state index contributed by atoms with van der Waals surface area (Å²) in [7, 11) is 1.43. The van der Waals surface area contributed by atoms with E-state index in [1.54, 1.807) is 24.3 Å². The molecule has 0 aromatic heterocycles. The van der Waals surface area contributed by atoms with Crippen molar-refractivity contribution in [1.29, 1.82) is 10.5 Å². The van der Waals surface area contributed by atoms with Gasteiger partial charge in [0.1, 0.15) is 18.2 Å². The quantitative estimate of drug-likeness (QED) is 0.432. The standard InChI is InChI=1S/C25H23N5O4/c1-3-7-17-10-16(12-21(33-2)24(17)34-15-22(31)32)11-18(13-26)23-20(14-27)25(28)30(29-23)19-8-5-4-6-9-19/h3-6,8-12,20,25H,1,7,15,28H2,2H3,(H,31,32)/b18-11-/t20-,25-/m1/s1. The third kappa shape index (κ3) is 5.07. The Morgan fingerprint density at radius 3 is 2.65 bits per heavy atom. The molecule has 2 atom stereocenters. The summed E-state index contributed by atoms with van der Waals surface area (Å²) in [6.45, 7) is 3.19. The van der Waals surface area contributed by atoms with E-state index < -0.39 is 24.7 Å². The summed E-state index contributed by atoms with van der Waals surface area (Å²) >= 11 is 0. The van der Waals surface area contributed by atoms with Gasteiger partial charge in [0.05, 0.1) is 30.2 Å². The third-order valence-corrected chi connectivity index (χ3v) is 5.08. The van der Waals surface area contributed by atoms with Gasteiger partial charge in [-0.2, -0.15) is 15.6 Å². The van der Waals surface area contributed by atoms with Gasteiger partial charge in [0.2, 0.25) is 0 Å². The Kier molecular flexibility index (Phi) is 7.65. The number of carbonyl (C=O) groups is 1. The molecule has 3 N–H and O–H groups in total. The number of anilines is 1. The maximum Gasteiger partial charge on any atom is 0.341 e. The van der Waals surface area contributed by atoms with Crippen LogP contribution in [-0.2, 0) is 11.2 Å². The molecule has 3 rings (SSSR count). The maximum atomic E-state index is 11.0. The first-order valence-corrected chi connectivity index (χ1v) is 10.3. The molecule has 0 bridgehead atoms. The van der Waals surface area contributed by atoms with Gasteiger partial charge in [0.15, 0.2) is 18.1 Å². The molecule has 1 heterocycles. The second-order valence-electron chi connectivity index (χ2n) is 7.32. The van der Waals surface area contributed by atoms with E-state index in [1.165, 1.54) is 12.1 Å². The Morgan fingerprint density at radius 2 is 2.06 bits per heavy atom. The minimum absolute atomic E-state index is 0.172. The van der Waals surface area contributed by atoms with E-state index in [9.17, 15) is 15.3 Å². The van der Waals surface area contributed by atoms with Crippen molar-refractivity contribution in [2.75, 3.05) is 18.7 Å². The van der Waals surface area contributed by atoms with Crippen molar-refractivity contribution in [1.82, 2.24) is 0 Å². The Labute approximate surface area is 197 Å². The average Bonchev–Trinajstić information content (AvgIpc) is 3.17. The van der Waals surface area contributed by atoms with E-state index in [4.69, 9.17) is 20.3 Å². The van der Waals surface area contributed by atoms with Crippen LogP contribution < -0.4 is 20.2 Å². The number of nitrogens with two attached hydrogens (primary N) is 1. The lowest BCUT2D eigenvalue weighted by Gasteiger charge is -2.21. The van der Waals surface area contributed by atoms with Gasteiger partial charge in [-0.25, -0.2) is 9.80 Å². The molecule has 0 fully saturated rings. The second kappa shape index (κ2) is 10.8. The lowest BCUT2D eigenvalue weighted by Crippen LogP contribution is -2.40. The molecule has 2 aromatic rings. The topological polar surface area (TPSA) is 145 Å². The zero-order valence-electron chi connectivity index (χ0n) is 18.5. The van der Waals surface area contributed by atoms with E-state index in [0.29, 0.717) is 29.0 Å². The van der Waals surface area contributed by atoms with Crippen molar-refractivity contribution >= 4 is 23.4 Å². The number of nitriles is 2. The van der Waals surface area contributed by atoms with Crippen LogP contribution in [0.25, 0.3) is 6.08 Å². The number of para-hydroxylation sites is 1. The Balaban J connectivity index is 2.06. The molecule has 0 radical (unpaired) electrons. The van der Waals surface area contributed by atoms with Gasteiger partial charge in [-0.15, -0.1) is 6.58 Å². The molecule has 1 aliphatic rings. The number of hydrogen-bond donors (Lipinski definition) is 2. The number of ether oxygens (including phenoxy) is 2. The number of hydrazone groups is 1. The monoisotopic (exact) mass is 457 g/mol. The fraction of sp³-hybridized carbons (Fsp3) is 0.200. The first-order chi connectivity index (χ1) is 16.4. The fourth-order valence-electron chi connectivity index (χ4n) is 3.57. The van der Waals surface area contributed by atoms with Crippen LogP contribution in [0.1, 0.15) is 11.1 Å². The highest BCUT2D eigenvalue weighted by atomic mass is 16.5. The molecule has 0 saturated carbocycles. The van der Waals surface area contributed by atoms with Gasteiger partial charge >= 0.3 is 5.97 Å². The number of methoxy groups -OCH3 is 1. The zero-order chi connectivity index (χ0) is 24.7. The van der Waals surface area contributed by atoms with Crippen LogP contribution in [0.2, 0.25) is 0 Å². The van der Waals surface area contributed by atoms with E-state index in [2.05, 4.69) is 23.8 Å². The summed E-state index contributed by atoms with van der Waals surface area (Å²) in [6.07, 6.45) is 2.85. The van der Waals surface area contributed by atoms with E-state index >= 15 is 0 Å². The predicted octanol–water partition coefficient (Wildman–Crippen LogP) is 3.09. The Morgan fingerprint density at radius 1 is 1.32 bits per heavy atom. The molecule has 34 heavy (non-hydrogen) atoms. The molecule has 0 amide bonds. The zero-order valence-corrected chi connectivity index (χ0v) is 18.5. The summed E-state index contributed by atoms with van der Waals surface area (Å²) < 4.78 is 10.8. The third-order valence-electron chi connectivity index (χ3n) is 5.08. The van der Waals surface area contributed by atoms with Crippen molar-refractivity contribution in [2.24, 2.45) is 16.8 Å². The first-order valence-electron chi connectivity index (χ1n) is 10.3. The highest BCUT2D eigenvalue weighted by molar-refractivity contribution is 6.11. The van der Waals surface area contributed by atoms with E-state index in [-0.39, 0.29) is 17.0 Å². The molecular weight excluding hydrogens is 434 g/mol. The number of carboxylic acids is 1. The highest BCUT2D eigenvalue weighted by Crippen LogP contribution is 2.35. The fourth-order valence-corrected chi connectivity index (χ4v) is 3.57. The van der Waals surface area contributed by atoms with Crippen molar-refractivity contribution in [3.8, 4) is 23.6 Å². The molecule has 0 aliphatic carbocycles. The molecular formula is C25H23N5O4. The molecule has 0 unspecified atom stereocenters. The van der Waals surface area contributed by atoms with Crippen LogP contribution in [0.15, 0.2) is 65.8 Å². The minimum atomic E-state index is -1.12. The molecule has 2 aromatic carbocycles. The van der Waals surface area contributed by atoms with Crippen molar-refractivity contribution < 1.29 is 19.4 Å². The van der Waals surface area contributed by atoms with Crippen LogP contribution in [0.3, 0.4) is 0 Å². The number of nitrogens with zero attached hydrogens (tertiary/aromatic N) is 4. The SMILES string of the molecule is C=CCc1cc(/C=C(/C#N)C2=NN(c3ccccc3)[C@@H](N)[C@@H]2C#N)cc(OC)c1OCC(=O)O. The highest BCUT2D eigenvalue weighted by Gasteiger charge is 2.37. The Hall–Kier alpha value is -4.60. The number of rotatable bonds is 9. The average molecular weight is 457 g/mol. The minimum Gasteiger partial charge on any atom is -0.493 e. The number of carboxylic acid groups (broad SMARTS) is 1. The first kappa shape index (κ1) is 24.1. The number of aliphatic carboxylic acids is 1. The van der Waals surface area contributed by atoms with Gasteiger partial charge in [-0.1, -0.05) is 24.3 Å². The number of allylic oxidation sites excluding steroid dienone is 2. The predicted molar refractivity (Wildman–Crippen MR) is 127 cm³/mol.